The van der Waals surface area contributed by atoms with E-state index in [9.17, 15) is 18.0 Å². The number of alkyl halides is 3. The normalized spacial score (nSPS) is 12.1. The van der Waals surface area contributed by atoms with Crippen LogP contribution in [0.1, 0.15) is 28.2 Å². The van der Waals surface area contributed by atoms with Crippen LogP contribution in [0.5, 0.6) is 0 Å². The van der Waals surface area contributed by atoms with Gasteiger partial charge in [-0.1, -0.05) is 23.8 Å². The summed E-state index contributed by atoms with van der Waals surface area (Å²) in [4.78, 5) is 19.6. The first-order valence-corrected chi connectivity index (χ1v) is 9.52. The third-order valence-corrected chi connectivity index (χ3v) is 5.33. The van der Waals surface area contributed by atoms with E-state index in [0.717, 1.165) is 37.9 Å². The van der Waals surface area contributed by atoms with E-state index in [0.29, 0.717) is 0 Å². The lowest BCUT2D eigenvalue weighted by Crippen LogP contribution is -2.29. The molecule has 2 aromatic heterocycles. The molecule has 4 rings (SSSR count). The molecular formula is C22H21F3N4O. The number of nitrogens with zero attached hydrogens (tertiary/aromatic N) is 2. The maximum Gasteiger partial charge on any atom is 0.449 e. The SMILES string of the molecule is Cc1cc(CNC(=O)Cn2c(C(F)(F)F)nc3ccccc32)c2[nH]c(C)c(C)c2c1. The van der Waals surface area contributed by atoms with Gasteiger partial charge in [0.15, 0.2) is 0 Å². The van der Waals surface area contributed by atoms with Crippen LogP contribution in [-0.2, 0) is 24.1 Å². The lowest BCUT2D eigenvalue weighted by molar-refractivity contribution is -0.147. The highest BCUT2D eigenvalue weighted by Gasteiger charge is 2.38. The predicted molar refractivity (Wildman–Crippen MR) is 109 cm³/mol. The van der Waals surface area contributed by atoms with Crippen molar-refractivity contribution in [2.24, 2.45) is 0 Å². The van der Waals surface area contributed by atoms with Crippen molar-refractivity contribution in [2.75, 3.05) is 0 Å². The number of amides is 1. The monoisotopic (exact) mass is 414 g/mol. The Kier molecular flexibility index (Phi) is 4.80. The molecule has 8 heteroatoms. The van der Waals surface area contributed by atoms with Crippen molar-refractivity contribution in [2.45, 2.75) is 40.0 Å². The average molecular weight is 414 g/mol. The Balaban J connectivity index is 1.60. The molecule has 0 spiro atoms. The third kappa shape index (κ3) is 3.53. The van der Waals surface area contributed by atoms with Crippen molar-refractivity contribution in [1.82, 2.24) is 19.9 Å². The Morgan fingerprint density at radius 3 is 2.63 bits per heavy atom. The number of aromatic amines is 1. The van der Waals surface area contributed by atoms with Crippen LogP contribution in [-0.4, -0.2) is 20.4 Å². The highest BCUT2D eigenvalue weighted by atomic mass is 19.4. The van der Waals surface area contributed by atoms with Crippen LogP contribution in [0.25, 0.3) is 21.9 Å². The van der Waals surface area contributed by atoms with Gasteiger partial charge in [-0.25, -0.2) is 4.98 Å². The van der Waals surface area contributed by atoms with E-state index in [1.165, 1.54) is 12.1 Å². The van der Waals surface area contributed by atoms with Crippen molar-refractivity contribution in [3.05, 3.63) is 64.6 Å². The number of nitrogens with one attached hydrogen (secondary N) is 2. The summed E-state index contributed by atoms with van der Waals surface area (Å²) in [6.45, 7) is 5.73. The van der Waals surface area contributed by atoms with Gasteiger partial charge in [-0.3, -0.25) is 4.79 Å². The van der Waals surface area contributed by atoms with Gasteiger partial charge in [0.25, 0.3) is 0 Å². The molecule has 156 valence electrons. The Bertz CT molecular complexity index is 1270. The Morgan fingerprint density at radius 1 is 1.17 bits per heavy atom. The van der Waals surface area contributed by atoms with Crippen LogP contribution in [0.3, 0.4) is 0 Å². The number of carbonyl (C=O) groups excluding carboxylic acids is 1. The molecule has 1 amide bonds. The number of benzene rings is 2. The van der Waals surface area contributed by atoms with Gasteiger partial charge in [-0.2, -0.15) is 13.2 Å². The smallest absolute Gasteiger partial charge is 0.358 e. The van der Waals surface area contributed by atoms with Crippen molar-refractivity contribution in [1.29, 1.82) is 0 Å². The quantitative estimate of drug-likeness (QED) is 0.505. The fourth-order valence-electron chi connectivity index (χ4n) is 3.77. The number of hydrogen-bond donors (Lipinski definition) is 2. The fraction of sp³-hybridized carbons (Fsp3) is 0.273. The van der Waals surface area contributed by atoms with Crippen LogP contribution in [0, 0.1) is 20.8 Å². The summed E-state index contributed by atoms with van der Waals surface area (Å²) in [6.07, 6.45) is -4.65. The van der Waals surface area contributed by atoms with Crippen LogP contribution < -0.4 is 5.32 Å². The number of H-pyrrole nitrogens is 1. The predicted octanol–water partition coefficient (Wildman–Crippen LogP) is 4.78. The Morgan fingerprint density at radius 2 is 1.90 bits per heavy atom. The summed E-state index contributed by atoms with van der Waals surface area (Å²) in [7, 11) is 0. The summed E-state index contributed by atoms with van der Waals surface area (Å²) in [5.74, 6) is -1.59. The van der Waals surface area contributed by atoms with E-state index < -0.39 is 24.5 Å². The molecule has 0 saturated carbocycles. The number of aromatic nitrogens is 3. The lowest BCUT2D eigenvalue weighted by atomic mass is 10.0. The zero-order valence-electron chi connectivity index (χ0n) is 16.8. The molecule has 0 aliphatic carbocycles. The molecule has 0 atom stereocenters. The van der Waals surface area contributed by atoms with Crippen LogP contribution in [0.4, 0.5) is 13.2 Å². The van der Waals surface area contributed by atoms with Crippen molar-refractivity contribution < 1.29 is 18.0 Å². The molecule has 2 N–H and O–H groups in total. The maximum absolute atomic E-state index is 13.4. The van der Waals surface area contributed by atoms with E-state index in [2.05, 4.69) is 21.4 Å². The summed E-state index contributed by atoms with van der Waals surface area (Å²) in [5, 5.41) is 3.83. The number of aryl methyl sites for hydroxylation is 3. The topological polar surface area (TPSA) is 62.7 Å². The number of hydrogen-bond acceptors (Lipinski definition) is 2. The van der Waals surface area contributed by atoms with Crippen LogP contribution >= 0.6 is 0 Å². The molecule has 30 heavy (non-hydrogen) atoms. The van der Waals surface area contributed by atoms with E-state index in [1.807, 2.05) is 26.8 Å². The first-order chi connectivity index (χ1) is 14.1. The summed E-state index contributed by atoms with van der Waals surface area (Å²) >= 11 is 0. The van der Waals surface area contributed by atoms with Crippen molar-refractivity contribution in [3.8, 4) is 0 Å². The molecule has 0 radical (unpaired) electrons. The van der Waals surface area contributed by atoms with Gasteiger partial charge < -0.3 is 14.9 Å². The minimum Gasteiger partial charge on any atom is -0.358 e. The van der Waals surface area contributed by atoms with Gasteiger partial charge in [0.05, 0.1) is 16.6 Å². The summed E-state index contributed by atoms with van der Waals surface area (Å²) < 4.78 is 41.2. The van der Waals surface area contributed by atoms with Gasteiger partial charge in [-0.05, 0) is 50.1 Å². The molecule has 0 aliphatic heterocycles. The second kappa shape index (κ2) is 7.19. The number of imidazole rings is 1. The molecule has 0 fully saturated rings. The van der Waals surface area contributed by atoms with E-state index in [1.54, 1.807) is 12.1 Å². The average Bonchev–Trinajstić information content (AvgIpc) is 3.19. The molecule has 5 nitrogen and oxygen atoms in total. The molecule has 0 aliphatic rings. The largest absolute Gasteiger partial charge is 0.449 e. The second-order valence-electron chi connectivity index (χ2n) is 7.51. The molecule has 0 unspecified atom stereocenters. The highest BCUT2D eigenvalue weighted by Crippen LogP contribution is 2.31. The number of carbonyl (C=O) groups is 1. The minimum atomic E-state index is -4.65. The number of para-hydroxylation sites is 2. The van der Waals surface area contributed by atoms with Gasteiger partial charge in [0.1, 0.15) is 6.54 Å². The van der Waals surface area contributed by atoms with E-state index in [-0.39, 0.29) is 17.6 Å². The van der Waals surface area contributed by atoms with Gasteiger partial charge in [-0.15, -0.1) is 0 Å². The molecule has 2 heterocycles. The van der Waals surface area contributed by atoms with Crippen LogP contribution in [0.2, 0.25) is 0 Å². The van der Waals surface area contributed by atoms with Gasteiger partial charge in [0, 0.05) is 17.6 Å². The molecular weight excluding hydrogens is 393 g/mol. The molecule has 4 aromatic rings. The molecule has 2 aromatic carbocycles. The van der Waals surface area contributed by atoms with Crippen LogP contribution in [0.15, 0.2) is 36.4 Å². The standard InChI is InChI=1S/C22H21F3N4O/c1-12-8-15(20-16(9-12)13(2)14(3)27-20)10-26-19(30)11-29-18-7-5-4-6-17(18)28-21(29)22(23,24)25/h4-9,27H,10-11H2,1-3H3,(H,26,30). The first-order valence-electron chi connectivity index (χ1n) is 9.52. The van der Waals surface area contributed by atoms with Crippen molar-refractivity contribution in [3.63, 3.8) is 0 Å². The maximum atomic E-state index is 13.4. The third-order valence-electron chi connectivity index (χ3n) is 5.33. The van der Waals surface area contributed by atoms with E-state index >= 15 is 0 Å². The number of fused-ring (bicyclic) bond motifs is 2. The molecule has 0 saturated heterocycles. The van der Waals surface area contributed by atoms with E-state index in [4.69, 9.17) is 0 Å². The first kappa shape index (κ1) is 20.0. The van der Waals surface area contributed by atoms with Crippen molar-refractivity contribution >= 4 is 27.8 Å². The Hall–Kier alpha value is -3.29. The molecule has 0 bridgehead atoms. The Labute approximate surface area is 170 Å². The lowest BCUT2D eigenvalue weighted by Gasteiger charge is -2.12. The summed E-state index contributed by atoms with van der Waals surface area (Å²) in [6, 6.07) is 10.3. The zero-order chi connectivity index (χ0) is 21.6. The highest BCUT2D eigenvalue weighted by molar-refractivity contribution is 5.88. The van der Waals surface area contributed by atoms with Gasteiger partial charge in [0.2, 0.25) is 11.7 Å². The fourth-order valence-corrected chi connectivity index (χ4v) is 3.77. The zero-order valence-corrected chi connectivity index (χ0v) is 16.8. The summed E-state index contributed by atoms with van der Waals surface area (Å²) in [5.41, 5.74) is 5.53. The second-order valence-corrected chi connectivity index (χ2v) is 7.51. The minimum absolute atomic E-state index is 0.204. The van der Waals surface area contributed by atoms with Gasteiger partial charge >= 0.3 is 6.18 Å². The number of rotatable bonds is 4. The number of halogens is 3.